The second kappa shape index (κ2) is 20.7. The van der Waals surface area contributed by atoms with E-state index in [-0.39, 0.29) is 24.7 Å². The second-order valence-electron chi connectivity index (χ2n) is 10.3. The van der Waals surface area contributed by atoms with Crippen molar-refractivity contribution in [3.05, 3.63) is 29.8 Å². The molecule has 0 bridgehead atoms. The van der Waals surface area contributed by atoms with Crippen molar-refractivity contribution in [2.45, 2.75) is 117 Å². The summed E-state index contributed by atoms with van der Waals surface area (Å²) in [6.45, 7) is 6.66. The van der Waals surface area contributed by atoms with Crippen LogP contribution in [0.4, 0.5) is 0 Å². The molecule has 3 atom stereocenters. The van der Waals surface area contributed by atoms with Gasteiger partial charge in [-0.1, -0.05) is 76.8 Å². The lowest BCUT2D eigenvalue weighted by molar-refractivity contribution is -0.118. The lowest BCUT2D eigenvalue weighted by Crippen LogP contribution is -2.17. The van der Waals surface area contributed by atoms with E-state index >= 15 is 0 Å². The number of nitrogens with two attached hydrogens (primary N) is 1. The summed E-state index contributed by atoms with van der Waals surface area (Å²) in [5.74, 6) is 0.619. The van der Waals surface area contributed by atoms with Crippen LogP contribution in [0.1, 0.15) is 110 Å². The molecule has 1 rings (SSSR count). The summed E-state index contributed by atoms with van der Waals surface area (Å²) in [5.41, 5.74) is 6.49. The third-order valence-electron chi connectivity index (χ3n) is 6.39. The summed E-state index contributed by atoms with van der Waals surface area (Å²) >= 11 is 0. The minimum absolute atomic E-state index is 0.00931. The Kier molecular flexibility index (Phi) is 18.9. The zero-order chi connectivity index (χ0) is 27.4. The highest BCUT2D eigenvalue weighted by Crippen LogP contribution is 2.45. The van der Waals surface area contributed by atoms with Crippen LogP contribution in [0, 0.1) is 5.92 Å². The first kappa shape index (κ1) is 33.8. The molecule has 37 heavy (non-hydrogen) atoms. The van der Waals surface area contributed by atoms with E-state index < -0.39 is 13.9 Å². The third kappa shape index (κ3) is 18.6. The molecule has 1 aromatic carbocycles. The molecule has 3 unspecified atom stereocenters. The molecule has 0 heterocycles. The largest absolute Gasteiger partial charge is 0.494 e. The summed E-state index contributed by atoms with van der Waals surface area (Å²) in [6.07, 6.45) is 14.6. The van der Waals surface area contributed by atoms with Crippen molar-refractivity contribution in [2.24, 2.45) is 11.7 Å². The second-order valence-corrected chi connectivity index (χ2v) is 11.7. The number of hydrogen-bond acceptors (Lipinski definition) is 6. The van der Waals surface area contributed by atoms with Gasteiger partial charge in [0.1, 0.15) is 11.5 Å². The monoisotopic (exact) mass is 541 g/mol. The van der Waals surface area contributed by atoms with Crippen molar-refractivity contribution in [1.29, 1.82) is 0 Å². The lowest BCUT2D eigenvalue weighted by Gasteiger charge is -2.21. The molecular formula is C29H52NO6P. The number of phosphoric acid groups is 1. The Morgan fingerprint density at radius 2 is 1.57 bits per heavy atom. The summed E-state index contributed by atoms with van der Waals surface area (Å²) < 4.78 is 28.6. The molecule has 214 valence electrons. The van der Waals surface area contributed by atoms with Gasteiger partial charge in [0.2, 0.25) is 0 Å². The van der Waals surface area contributed by atoms with Gasteiger partial charge in [0, 0.05) is 6.42 Å². The molecule has 8 heteroatoms. The maximum absolute atomic E-state index is 12.3. The third-order valence-corrected chi connectivity index (χ3v) is 7.49. The number of carbonyl (C=O) groups excluding carboxylic acids is 1. The molecule has 0 aliphatic heterocycles. The Bertz CT molecular complexity index is 757. The van der Waals surface area contributed by atoms with Crippen LogP contribution in [0.15, 0.2) is 24.3 Å². The fourth-order valence-corrected chi connectivity index (χ4v) is 5.37. The van der Waals surface area contributed by atoms with Gasteiger partial charge in [0.25, 0.3) is 0 Å². The Labute approximate surface area is 225 Å². The van der Waals surface area contributed by atoms with Crippen LogP contribution in [-0.4, -0.2) is 36.5 Å². The van der Waals surface area contributed by atoms with Gasteiger partial charge >= 0.3 is 7.82 Å². The van der Waals surface area contributed by atoms with Crippen LogP contribution in [0.25, 0.3) is 0 Å². The number of ketones is 1. The average Bonchev–Trinajstić information content (AvgIpc) is 2.85. The average molecular weight is 542 g/mol. The summed E-state index contributed by atoms with van der Waals surface area (Å²) in [6, 6.07) is 7.84. The van der Waals surface area contributed by atoms with E-state index in [1.807, 2.05) is 24.3 Å². The van der Waals surface area contributed by atoms with E-state index in [1.165, 1.54) is 64.7 Å². The quantitative estimate of drug-likeness (QED) is 0.104. The smallest absolute Gasteiger partial charge is 0.472 e. The molecule has 1 aromatic rings. The number of benzene rings is 1. The first-order valence-corrected chi connectivity index (χ1v) is 15.8. The maximum Gasteiger partial charge on any atom is 0.472 e. The first-order chi connectivity index (χ1) is 17.8. The van der Waals surface area contributed by atoms with E-state index in [4.69, 9.17) is 19.5 Å². The number of Topliss-reactive ketones (excluding diaryl/α,β-unsaturated/α-hetero) is 1. The lowest BCUT2D eigenvalue weighted by atomic mass is 9.95. The van der Waals surface area contributed by atoms with Gasteiger partial charge in [-0.2, -0.15) is 0 Å². The summed E-state index contributed by atoms with van der Waals surface area (Å²) in [4.78, 5) is 21.8. The van der Waals surface area contributed by atoms with Gasteiger partial charge in [0.05, 0.1) is 19.3 Å². The van der Waals surface area contributed by atoms with Crippen molar-refractivity contribution < 1.29 is 28.0 Å². The van der Waals surface area contributed by atoms with E-state index in [0.29, 0.717) is 32.4 Å². The standard InChI is InChI=1S/C29H52NO6P/c1-4-5-6-7-8-9-10-11-12-13-21-34-29-18-16-27(17-19-29)23-28(22-25(2)31)24-35-37(32,33)36-26(3)15-14-20-30/h16-19,26,28H,4-15,20-24,30H2,1-3H3,(H,32,33). The van der Waals surface area contributed by atoms with Gasteiger partial charge in [-0.05, 0) is 69.7 Å². The van der Waals surface area contributed by atoms with Crippen LogP contribution in [0.3, 0.4) is 0 Å². The molecule has 0 saturated carbocycles. The molecule has 0 amide bonds. The van der Waals surface area contributed by atoms with Crippen molar-refractivity contribution >= 4 is 13.6 Å². The fraction of sp³-hybridized carbons (Fsp3) is 0.759. The zero-order valence-corrected chi connectivity index (χ0v) is 24.4. The van der Waals surface area contributed by atoms with Crippen LogP contribution >= 0.6 is 7.82 Å². The molecule has 0 saturated heterocycles. The molecule has 0 radical (unpaired) electrons. The maximum atomic E-state index is 12.3. The van der Waals surface area contributed by atoms with Crippen LogP contribution in [0.5, 0.6) is 5.75 Å². The van der Waals surface area contributed by atoms with E-state index in [9.17, 15) is 14.3 Å². The van der Waals surface area contributed by atoms with Crippen molar-refractivity contribution in [1.82, 2.24) is 0 Å². The van der Waals surface area contributed by atoms with Crippen LogP contribution in [-0.2, 0) is 24.8 Å². The topological polar surface area (TPSA) is 108 Å². The summed E-state index contributed by atoms with van der Waals surface area (Å²) in [5, 5.41) is 0. The molecule has 0 fully saturated rings. The number of unbranched alkanes of at least 4 members (excludes halogenated alkanes) is 9. The number of rotatable bonds is 24. The molecule has 0 aliphatic carbocycles. The molecule has 0 aromatic heterocycles. The highest BCUT2D eigenvalue weighted by Gasteiger charge is 2.26. The van der Waals surface area contributed by atoms with Gasteiger partial charge in [-0.15, -0.1) is 0 Å². The number of hydrogen-bond donors (Lipinski definition) is 2. The van der Waals surface area contributed by atoms with Gasteiger partial charge < -0.3 is 20.2 Å². The minimum atomic E-state index is -4.20. The van der Waals surface area contributed by atoms with Crippen molar-refractivity contribution in [2.75, 3.05) is 19.8 Å². The molecule has 7 nitrogen and oxygen atoms in total. The molecule has 3 N–H and O–H groups in total. The van der Waals surface area contributed by atoms with E-state index in [2.05, 4.69) is 6.92 Å². The van der Waals surface area contributed by atoms with Gasteiger partial charge in [-0.3, -0.25) is 9.05 Å². The van der Waals surface area contributed by atoms with E-state index in [1.54, 1.807) is 6.92 Å². The highest BCUT2D eigenvalue weighted by atomic mass is 31.2. The van der Waals surface area contributed by atoms with Crippen LogP contribution < -0.4 is 10.5 Å². The normalized spacial score (nSPS) is 14.7. The predicted octanol–water partition coefficient (Wildman–Crippen LogP) is 7.39. The van der Waals surface area contributed by atoms with Gasteiger partial charge in [-0.25, -0.2) is 4.57 Å². The Morgan fingerprint density at radius 1 is 0.973 bits per heavy atom. The Balaban J connectivity index is 2.35. The van der Waals surface area contributed by atoms with Crippen molar-refractivity contribution in [3.8, 4) is 5.75 Å². The predicted molar refractivity (Wildman–Crippen MR) is 151 cm³/mol. The number of ether oxygens (including phenoxy) is 1. The van der Waals surface area contributed by atoms with Crippen molar-refractivity contribution in [3.63, 3.8) is 0 Å². The molecule has 0 aliphatic rings. The number of carbonyl (C=O) groups is 1. The fourth-order valence-electron chi connectivity index (χ4n) is 4.35. The molecule has 0 spiro atoms. The molecular weight excluding hydrogens is 489 g/mol. The zero-order valence-electron chi connectivity index (χ0n) is 23.5. The Morgan fingerprint density at radius 3 is 2.14 bits per heavy atom. The van der Waals surface area contributed by atoms with E-state index in [0.717, 1.165) is 17.7 Å². The van der Waals surface area contributed by atoms with Gasteiger partial charge in [0.15, 0.2) is 0 Å². The first-order valence-electron chi connectivity index (χ1n) is 14.3. The Hall–Kier alpha value is -1.24. The number of phosphoric ester groups is 1. The highest BCUT2D eigenvalue weighted by molar-refractivity contribution is 7.47. The SMILES string of the molecule is CCCCCCCCCCCCOc1ccc(CC(COP(=O)(O)OC(C)CCCN)CC(C)=O)cc1. The minimum Gasteiger partial charge on any atom is -0.494 e. The summed E-state index contributed by atoms with van der Waals surface area (Å²) in [7, 11) is -4.20. The van der Waals surface area contributed by atoms with Crippen LogP contribution in [0.2, 0.25) is 0 Å².